The highest BCUT2D eigenvalue weighted by Crippen LogP contribution is 2.50. The highest BCUT2D eigenvalue weighted by molar-refractivity contribution is 6.05. The number of hydrogen-bond donors (Lipinski definition) is 0. The zero-order valence-corrected chi connectivity index (χ0v) is 18.5. The summed E-state index contributed by atoms with van der Waals surface area (Å²) in [6.45, 7) is 9.24. The van der Waals surface area contributed by atoms with Gasteiger partial charge < -0.3 is 4.42 Å². The highest BCUT2D eigenvalue weighted by atomic mass is 16.3. The molecule has 0 saturated heterocycles. The largest absolute Gasteiger partial charge is 0.456 e. The Morgan fingerprint density at radius 1 is 0.645 bits per heavy atom. The van der Waals surface area contributed by atoms with Crippen LogP contribution >= 0.6 is 0 Å². The molecule has 1 heterocycles. The van der Waals surface area contributed by atoms with Crippen molar-refractivity contribution < 1.29 is 4.42 Å². The van der Waals surface area contributed by atoms with E-state index in [0.29, 0.717) is 5.92 Å². The van der Waals surface area contributed by atoms with E-state index in [1.807, 2.05) is 12.1 Å². The standard InChI is InChI=1S/C30H26O/c1-18(2)19-9-12-22-23-13-10-20(16-27(23)30(3,4)26(22)15-19)21-11-14-25-24-7-5-6-8-28(24)31-29(25)17-21/h5-18H,1-4H3. The number of benzene rings is 4. The van der Waals surface area contributed by atoms with Crippen molar-refractivity contribution in [2.45, 2.75) is 39.0 Å². The number of hydrogen-bond acceptors (Lipinski definition) is 1. The van der Waals surface area contributed by atoms with Gasteiger partial charge in [-0.25, -0.2) is 0 Å². The van der Waals surface area contributed by atoms with Gasteiger partial charge in [0.05, 0.1) is 0 Å². The average Bonchev–Trinajstić information content (AvgIpc) is 3.25. The first-order valence-electron chi connectivity index (χ1n) is 11.1. The molecule has 0 radical (unpaired) electrons. The molecule has 1 aromatic heterocycles. The summed E-state index contributed by atoms with van der Waals surface area (Å²) in [5.74, 6) is 0.538. The Morgan fingerprint density at radius 3 is 2.10 bits per heavy atom. The van der Waals surface area contributed by atoms with Gasteiger partial charge in [0.15, 0.2) is 0 Å². The van der Waals surface area contributed by atoms with Crippen molar-refractivity contribution in [2.75, 3.05) is 0 Å². The number of para-hydroxylation sites is 1. The monoisotopic (exact) mass is 402 g/mol. The van der Waals surface area contributed by atoms with Gasteiger partial charge in [-0.05, 0) is 69.1 Å². The van der Waals surface area contributed by atoms with Crippen LogP contribution in [0.15, 0.2) is 83.3 Å². The van der Waals surface area contributed by atoms with Gasteiger partial charge in [0, 0.05) is 16.2 Å². The molecule has 4 aromatic carbocycles. The first kappa shape index (κ1) is 18.4. The highest BCUT2D eigenvalue weighted by Gasteiger charge is 2.35. The van der Waals surface area contributed by atoms with Crippen LogP contribution in [0.25, 0.3) is 44.2 Å². The van der Waals surface area contributed by atoms with Crippen molar-refractivity contribution in [3.63, 3.8) is 0 Å². The molecular formula is C30H26O. The van der Waals surface area contributed by atoms with Crippen molar-refractivity contribution in [1.82, 2.24) is 0 Å². The molecule has 0 spiro atoms. The van der Waals surface area contributed by atoms with Gasteiger partial charge in [-0.3, -0.25) is 0 Å². The normalized spacial score (nSPS) is 14.4. The summed E-state index contributed by atoms with van der Waals surface area (Å²) in [5.41, 5.74) is 11.3. The SMILES string of the molecule is CC(C)c1ccc2c(c1)C(C)(C)c1cc(-c3ccc4c(c3)oc3ccccc34)ccc1-2. The van der Waals surface area contributed by atoms with Crippen LogP contribution < -0.4 is 0 Å². The molecule has 1 aliphatic carbocycles. The first-order chi connectivity index (χ1) is 14.9. The minimum atomic E-state index is -0.00492. The Labute approximate surface area is 183 Å². The van der Waals surface area contributed by atoms with Gasteiger partial charge in [0.2, 0.25) is 0 Å². The summed E-state index contributed by atoms with van der Waals surface area (Å²) in [4.78, 5) is 0. The lowest BCUT2D eigenvalue weighted by Crippen LogP contribution is -2.15. The van der Waals surface area contributed by atoms with E-state index in [2.05, 4.69) is 94.4 Å². The third kappa shape index (κ3) is 2.63. The molecule has 0 amide bonds. The molecule has 0 N–H and O–H groups in total. The van der Waals surface area contributed by atoms with E-state index in [9.17, 15) is 0 Å². The second-order valence-corrected chi connectivity index (χ2v) is 9.65. The smallest absolute Gasteiger partial charge is 0.136 e. The molecule has 1 heteroatoms. The van der Waals surface area contributed by atoms with Crippen LogP contribution in [0.4, 0.5) is 0 Å². The molecule has 6 rings (SSSR count). The van der Waals surface area contributed by atoms with Gasteiger partial charge in [-0.15, -0.1) is 0 Å². The number of rotatable bonds is 2. The summed E-state index contributed by atoms with van der Waals surface area (Å²) in [6, 6.07) is 28.8. The van der Waals surface area contributed by atoms with Gasteiger partial charge in [-0.1, -0.05) is 82.3 Å². The Kier molecular flexibility index (Phi) is 3.77. The third-order valence-corrected chi connectivity index (χ3v) is 7.08. The zero-order chi connectivity index (χ0) is 21.3. The van der Waals surface area contributed by atoms with E-state index in [4.69, 9.17) is 4.42 Å². The molecule has 0 aliphatic heterocycles. The van der Waals surface area contributed by atoms with E-state index in [1.165, 1.54) is 49.7 Å². The van der Waals surface area contributed by atoms with Crippen molar-refractivity contribution in [1.29, 1.82) is 0 Å². The summed E-state index contributed by atoms with van der Waals surface area (Å²) >= 11 is 0. The van der Waals surface area contributed by atoms with Crippen LogP contribution in [-0.2, 0) is 5.41 Å². The Morgan fingerprint density at radius 2 is 1.29 bits per heavy atom. The predicted molar refractivity (Wildman–Crippen MR) is 131 cm³/mol. The van der Waals surface area contributed by atoms with E-state index in [0.717, 1.165) is 11.2 Å². The van der Waals surface area contributed by atoms with Crippen LogP contribution in [0.3, 0.4) is 0 Å². The van der Waals surface area contributed by atoms with E-state index >= 15 is 0 Å². The fourth-order valence-electron chi connectivity index (χ4n) is 5.20. The molecule has 1 nitrogen and oxygen atoms in total. The number of fused-ring (bicyclic) bond motifs is 6. The predicted octanol–water partition coefficient (Wildman–Crippen LogP) is 8.68. The Bertz CT molecular complexity index is 1480. The topological polar surface area (TPSA) is 13.1 Å². The average molecular weight is 403 g/mol. The van der Waals surface area contributed by atoms with E-state index in [-0.39, 0.29) is 5.41 Å². The lowest BCUT2D eigenvalue weighted by Gasteiger charge is -2.23. The molecule has 0 fully saturated rings. The molecule has 31 heavy (non-hydrogen) atoms. The number of furan rings is 1. The Hall–Kier alpha value is -3.32. The zero-order valence-electron chi connectivity index (χ0n) is 18.5. The second kappa shape index (κ2) is 6.34. The first-order valence-corrected chi connectivity index (χ1v) is 11.1. The van der Waals surface area contributed by atoms with E-state index in [1.54, 1.807) is 0 Å². The fraction of sp³-hybridized carbons (Fsp3) is 0.200. The molecule has 5 aromatic rings. The summed E-state index contributed by atoms with van der Waals surface area (Å²) in [5, 5.41) is 2.35. The molecule has 152 valence electrons. The molecule has 0 unspecified atom stereocenters. The molecule has 1 aliphatic rings. The molecule has 0 atom stereocenters. The maximum absolute atomic E-state index is 6.13. The van der Waals surface area contributed by atoms with Crippen LogP contribution in [0.2, 0.25) is 0 Å². The maximum atomic E-state index is 6.13. The quantitative estimate of drug-likeness (QED) is 0.288. The van der Waals surface area contributed by atoms with E-state index < -0.39 is 0 Å². The van der Waals surface area contributed by atoms with Crippen LogP contribution in [0.5, 0.6) is 0 Å². The minimum Gasteiger partial charge on any atom is -0.456 e. The van der Waals surface area contributed by atoms with Crippen molar-refractivity contribution in [2.24, 2.45) is 0 Å². The maximum Gasteiger partial charge on any atom is 0.136 e. The van der Waals surface area contributed by atoms with Crippen molar-refractivity contribution in [3.8, 4) is 22.3 Å². The van der Waals surface area contributed by atoms with Crippen LogP contribution in [0, 0.1) is 0 Å². The lowest BCUT2D eigenvalue weighted by molar-refractivity contribution is 0.658. The fourth-order valence-corrected chi connectivity index (χ4v) is 5.20. The molecule has 0 bridgehead atoms. The summed E-state index contributed by atoms with van der Waals surface area (Å²) in [7, 11) is 0. The Balaban J connectivity index is 1.49. The minimum absolute atomic E-state index is 0.00492. The second-order valence-electron chi connectivity index (χ2n) is 9.65. The van der Waals surface area contributed by atoms with Crippen LogP contribution in [-0.4, -0.2) is 0 Å². The molecule has 0 saturated carbocycles. The molecular weight excluding hydrogens is 376 g/mol. The van der Waals surface area contributed by atoms with Gasteiger partial charge >= 0.3 is 0 Å². The lowest BCUT2D eigenvalue weighted by atomic mass is 9.80. The van der Waals surface area contributed by atoms with Crippen molar-refractivity contribution >= 4 is 21.9 Å². The van der Waals surface area contributed by atoms with Crippen molar-refractivity contribution in [3.05, 3.63) is 95.6 Å². The van der Waals surface area contributed by atoms with Gasteiger partial charge in [0.25, 0.3) is 0 Å². The third-order valence-electron chi connectivity index (χ3n) is 7.08. The van der Waals surface area contributed by atoms with Gasteiger partial charge in [0.1, 0.15) is 11.2 Å². The summed E-state index contributed by atoms with van der Waals surface area (Å²) < 4.78 is 6.13. The van der Waals surface area contributed by atoms with Gasteiger partial charge in [-0.2, -0.15) is 0 Å². The van der Waals surface area contributed by atoms with Crippen LogP contribution in [0.1, 0.15) is 50.3 Å². The summed E-state index contributed by atoms with van der Waals surface area (Å²) in [6.07, 6.45) is 0.